The molecule has 0 heterocycles. The Morgan fingerprint density at radius 3 is 2.09 bits per heavy atom. The third kappa shape index (κ3) is 3.73. The van der Waals surface area contributed by atoms with Gasteiger partial charge in [-0.25, -0.2) is 0 Å². The van der Waals surface area contributed by atoms with Crippen molar-refractivity contribution in [1.82, 2.24) is 0 Å². The molecule has 0 spiro atoms. The van der Waals surface area contributed by atoms with Crippen molar-refractivity contribution in [3.05, 3.63) is 68.7 Å². The van der Waals surface area contributed by atoms with E-state index in [1.165, 1.54) is 0 Å². The molecule has 2 atom stereocenters. The normalized spacial score (nSPS) is 13.0. The lowest BCUT2D eigenvalue weighted by Gasteiger charge is -2.21. The van der Waals surface area contributed by atoms with Gasteiger partial charge in [0, 0.05) is 27.4 Å². The van der Waals surface area contributed by atoms with E-state index in [0.717, 1.165) is 5.56 Å². The molecule has 0 saturated heterocycles. The molecule has 0 saturated carbocycles. The van der Waals surface area contributed by atoms with Gasteiger partial charge in [0.15, 0.2) is 0 Å². The quantitative estimate of drug-likeness (QED) is 0.684. The van der Waals surface area contributed by atoms with E-state index in [9.17, 15) is 5.26 Å². The van der Waals surface area contributed by atoms with Crippen molar-refractivity contribution in [3.63, 3.8) is 0 Å². The molecule has 2 nitrogen and oxygen atoms in total. The molecule has 0 aliphatic rings. The average molecular weight is 350 g/mol. The Morgan fingerprint density at radius 1 is 0.909 bits per heavy atom. The van der Waals surface area contributed by atoms with Crippen LogP contribution in [-0.2, 0) is 0 Å². The van der Waals surface area contributed by atoms with Gasteiger partial charge in [-0.2, -0.15) is 10.5 Å². The van der Waals surface area contributed by atoms with Crippen LogP contribution in [0.25, 0.3) is 0 Å². The first-order chi connectivity index (χ1) is 10.6. The second-order valence-electron chi connectivity index (χ2n) is 4.79. The maximum absolute atomic E-state index is 9.61. The fraction of sp³-hybridized carbons (Fsp3) is 0.176. The number of hydrogen-bond acceptors (Lipinski definition) is 2. The highest BCUT2D eigenvalue weighted by molar-refractivity contribution is 6.35. The van der Waals surface area contributed by atoms with Crippen molar-refractivity contribution < 1.29 is 0 Å². The molecule has 2 rings (SSSR count). The van der Waals surface area contributed by atoms with Crippen molar-refractivity contribution >= 4 is 34.8 Å². The molecule has 0 aliphatic heterocycles. The zero-order chi connectivity index (χ0) is 16.1. The molecule has 2 aromatic rings. The van der Waals surface area contributed by atoms with Gasteiger partial charge in [0.1, 0.15) is 0 Å². The van der Waals surface area contributed by atoms with Crippen molar-refractivity contribution in [3.8, 4) is 12.1 Å². The van der Waals surface area contributed by atoms with Crippen LogP contribution in [0.15, 0.2) is 42.5 Å². The van der Waals surface area contributed by atoms with E-state index in [0.29, 0.717) is 20.6 Å². The van der Waals surface area contributed by atoms with Gasteiger partial charge in [0.2, 0.25) is 0 Å². The largest absolute Gasteiger partial charge is 0.198 e. The number of rotatable bonds is 4. The summed E-state index contributed by atoms with van der Waals surface area (Å²) in [5, 5.41) is 20.3. The molecule has 0 amide bonds. The second kappa shape index (κ2) is 7.52. The summed E-state index contributed by atoms with van der Waals surface area (Å²) in [6, 6.07) is 16.6. The molecule has 0 radical (unpaired) electrons. The minimum atomic E-state index is -0.536. The lowest BCUT2D eigenvalue weighted by atomic mass is 9.80. The van der Waals surface area contributed by atoms with Gasteiger partial charge in [-0.3, -0.25) is 0 Å². The van der Waals surface area contributed by atoms with E-state index < -0.39 is 5.92 Å². The molecule has 5 heteroatoms. The first kappa shape index (κ1) is 16.7. The van der Waals surface area contributed by atoms with Crippen molar-refractivity contribution in [2.45, 2.75) is 18.3 Å². The van der Waals surface area contributed by atoms with Gasteiger partial charge in [0.25, 0.3) is 0 Å². The predicted molar refractivity (Wildman–Crippen MR) is 89.2 cm³/mol. The summed E-state index contributed by atoms with van der Waals surface area (Å²) in [5.41, 5.74) is 1.55. The Morgan fingerprint density at radius 2 is 1.55 bits per heavy atom. The Kier molecular flexibility index (Phi) is 5.69. The van der Waals surface area contributed by atoms with E-state index in [-0.39, 0.29) is 12.3 Å². The number of nitrogens with zero attached hydrogens (tertiary/aromatic N) is 2. The fourth-order valence-electron chi connectivity index (χ4n) is 2.37. The second-order valence-corrected chi connectivity index (χ2v) is 6.07. The summed E-state index contributed by atoms with van der Waals surface area (Å²) in [7, 11) is 0. The van der Waals surface area contributed by atoms with E-state index >= 15 is 0 Å². The maximum Gasteiger partial charge on any atom is 0.0805 e. The SMILES string of the molecule is N#CC[C@@H](c1ccc(Cl)cc1)[C@H](C#N)c1ccc(Cl)cc1Cl. The Hall–Kier alpha value is -1.71. The Labute approximate surface area is 144 Å². The van der Waals surface area contributed by atoms with Crippen LogP contribution in [0.3, 0.4) is 0 Å². The number of hydrogen-bond donors (Lipinski definition) is 0. The molecule has 22 heavy (non-hydrogen) atoms. The maximum atomic E-state index is 9.61. The highest BCUT2D eigenvalue weighted by atomic mass is 35.5. The standard InChI is InChI=1S/C17H11Cl3N2/c18-12-3-1-11(2-4-12)14(7-8-21)16(10-22)15-6-5-13(19)9-17(15)20/h1-6,9,14,16H,7H2/t14-,16-/m0/s1. The van der Waals surface area contributed by atoms with Gasteiger partial charge in [-0.1, -0.05) is 53.0 Å². The van der Waals surface area contributed by atoms with Crippen molar-refractivity contribution in [2.24, 2.45) is 0 Å². The summed E-state index contributed by atoms with van der Waals surface area (Å²) < 4.78 is 0. The summed E-state index contributed by atoms with van der Waals surface area (Å²) in [5.74, 6) is -0.823. The van der Waals surface area contributed by atoms with Gasteiger partial charge in [-0.05, 0) is 35.4 Å². The summed E-state index contributed by atoms with van der Waals surface area (Å²) in [6.07, 6.45) is 0.207. The average Bonchev–Trinajstić information content (AvgIpc) is 2.50. The van der Waals surface area contributed by atoms with Gasteiger partial charge in [-0.15, -0.1) is 0 Å². The van der Waals surface area contributed by atoms with Crippen LogP contribution >= 0.6 is 34.8 Å². The molecule has 0 bridgehead atoms. The number of halogens is 3. The minimum absolute atomic E-state index is 0.207. The van der Waals surface area contributed by atoms with E-state index in [1.54, 1.807) is 30.3 Å². The van der Waals surface area contributed by atoms with Gasteiger partial charge >= 0.3 is 0 Å². The van der Waals surface area contributed by atoms with E-state index in [2.05, 4.69) is 12.1 Å². The molecule has 0 aliphatic carbocycles. The van der Waals surface area contributed by atoms with Crippen molar-refractivity contribution in [1.29, 1.82) is 10.5 Å². The van der Waals surface area contributed by atoms with E-state index in [1.807, 2.05) is 12.1 Å². The van der Waals surface area contributed by atoms with Crippen LogP contribution in [0.1, 0.15) is 29.4 Å². The van der Waals surface area contributed by atoms with Gasteiger partial charge < -0.3 is 0 Å². The summed E-state index contributed by atoms with van der Waals surface area (Å²) >= 11 is 18.0. The minimum Gasteiger partial charge on any atom is -0.198 e. The molecule has 110 valence electrons. The predicted octanol–water partition coefficient (Wildman–Crippen LogP) is 5.95. The smallest absolute Gasteiger partial charge is 0.0805 e. The lowest BCUT2D eigenvalue weighted by Crippen LogP contribution is -2.10. The molecular weight excluding hydrogens is 339 g/mol. The highest BCUT2D eigenvalue weighted by Crippen LogP contribution is 2.39. The first-order valence-corrected chi connectivity index (χ1v) is 7.67. The van der Waals surface area contributed by atoms with Crippen LogP contribution in [-0.4, -0.2) is 0 Å². The van der Waals surface area contributed by atoms with E-state index in [4.69, 9.17) is 40.1 Å². The number of nitriles is 2. The zero-order valence-corrected chi connectivity index (χ0v) is 13.7. The number of benzene rings is 2. The lowest BCUT2D eigenvalue weighted by molar-refractivity contribution is 0.641. The topological polar surface area (TPSA) is 47.6 Å². The third-order valence-electron chi connectivity index (χ3n) is 3.45. The molecule has 0 unspecified atom stereocenters. The molecule has 2 aromatic carbocycles. The monoisotopic (exact) mass is 348 g/mol. The highest BCUT2D eigenvalue weighted by Gasteiger charge is 2.26. The molecule has 0 N–H and O–H groups in total. The van der Waals surface area contributed by atoms with Gasteiger partial charge in [0.05, 0.1) is 18.1 Å². The molecular formula is C17H11Cl3N2. The Balaban J connectivity index is 2.47. The van der Waals surface area contributed by atoms with Crippen LogP contribution in [0.4, 0.5) is 0 Å². The third-order valence-corrected chi connectivity index (χ3v) is 4.26. The summed E-state index contributed by atoms with van der Waals surface area (Å²) in [6.45, 7) is 0. The fourth-order valence-corrected chi connectivity index (χ4v) is 3.02. The van der Waals surface area contributed by atoms with Crippen LogP contribution in [0.2, 0.25) is 15.1 Å². The van der Waals surface area contributed by atoms with Crippen LogP contribution in [0.5, 0.6) is 0 Å². The molecule has 0 fully saturated rings. The summed E-state index contributed by atoms with van der Waals surface area (Å²) in [4.78, 5) is 0. The molecule has 0 aromatic heterocycles. The van der Waals surface area contributed by atoms with Crippen molar-refractivity contribution in [2.75, 3.05) is 0 Å². The van der Waals surface area contributed by atoms with Crippen LogP contribution in [0, 0.1) is 22.7 Å². The van der Waals surface area contributed by atoms with Crippen LogP contribution < -0.4 is 0 Å². The Bertz CT molecular complexity index is 742. The zero-order valence-electron chi connectivity index (χ0n) is 11.4. The first-order valence-electron chi connectivity index (χ1n) is 6.53.